The highest BCUT2D eigenvalue weighted by Crippen LogP contribution is 2.38. The summed E-state index contributed by atoms with van der Waals surface area (Å²) < 4.78 is 11.2. The Morgan fingerprint density at radius 2 is 2.09 bits per heavy atom. The standard InChI is InChI=1S/C17H22ClNO4/c18-14-8-13(9-15-17(14)23-7-6-22-15)11-19-4-1-2-12(3-5-19)10-16(20)21/h8-9,12H,1-7,10-11H2,(H,20,21)/t12-/m1/s1. The fourth-order valence-corrected chi connectivity index (χ4v) is 3.64. The third kappa shape index (κ3) is 4.30. The SMILES string of the molecule is O=C(O)C[C@@H]1CCCN(Cc2cc(Cl)c3c(c2)OCCO3)CC1. The smallest absolute Gasteiger partial charge is 0.303 e. The van der Waals surface area contributed by atoms with E-state index in [0.717, 1.165) is 50.2 Å². The van der Waals surface area contributed by atoms with E-state index in [9.17, 15) is 4.79 Å². The van der Waals surface area contributed by atoms with Gasteiger partial charge in [0.25, 0.3) is 0 Å². The highest BCUT2D eigenvalue weighted by molar-refractivity contribution is 6.32. The lowest BCUT2D eigenvalue weighted by Crippen LogP contribution is -2.24. The van der Waals surface area contributed by atoms with Gasteiger partial charge in [-0.25, -0.2) is 0 Å². The monoisotopic (exact) mass is 339 g/mol. The van der Waals surface area contributed by atoms with Crippen molar-refractivity contribution in [3.8, 4) is 11.5 Å². The molecule has 1 aromatic rings. The number of halogens is 1. The zero-order valence-corrected chi connectivity index (χ0v) is 13.8. The van der Waals surface area contributed by atoms with Gasteiger partial charge >= 0.3 is 5.97 Å². The van der Waals surface area contributed by atoms with E-state index in [-0.39, 0.29) is 6.42 Å². The molecule has 0 amide bonds. The number of benzene rings is 1. The van der Waals surface area contributed by atoms with Crippen molar-refractivity contribution < 1.29 is 19.4 Å². The molecule has 1 N–H and O–H groups in total. The molecule has 0 unspecified atom stereocenters. The summed E-state index contributed by atoms with van der Waals surface area (Å²) in [6.07, 6.45) is 3.25. The Morgan fingerprint density at radius 1 is 1.26 bits per heavy atom. The minimum absolute atomic E-state index is 0.281. The van der Waals surface area contributed by atoms with Gasteiger partial charge in [0.15, 0.2) is 11.5 Å². The first kappa shape index (κ1) is 16.4. The predicted octanol–water partition coefficient (Wildman–Crippen LogP) is 3.19. The molecule has 2 heterocycles. The summed E-state index contributed by atoms with van der Waals surface area (Å²) in [7, 11) is 0. The molecule has 0 spiro atoms. The van der Waals surface area contributed by atoms with Crippen molar-refractivity contribution in [2.75, 3.05) is 26.3 Å². The second-order valence-electron chi connectivity index (χ2n) is 6.27. The highest BCUT2D eigenvalue weighted by atomic mass is 35.5. The lowest BCUT2D eigenvalue weighted by Gasteiger charge is -2.23. The predicted molar refractivity (Wildman–Crippen MR) is 87.3 cm³/mol. The Labute approximate surface area is 141 Å². The van der Waals surface area contributed by atoms with Gasteiger partial charge in [-0.05, 0) is 56.0 Å². The summed E-state index contributed by atoms with van der Waals surface area (Å²) in [5, 5.41) is 9.54. The number of nitrogens with zero attached hydrogens (tertiary/aromatic N) is 1. The molecule has 1 atom stereocenters. The Hall–Kier alpha value is -1.46. The minimum atomic E-state index is -0.693. The summed E-state index contributed by atoms with van der Waals surface area (Å²) in [5.41, 5.74) is 1.11. The van der Waals surface area contributed by atoms with Crippen LogP contribution in [0.25, 0.3) is 0 Å². The van der Waals surface area contributed by atoms with Gasteiger partial charge < -0.3 is 14.6 Å². The van der Waals surface area contributed by atoms with Crippen LogP contribution in [0.1, 0.15) is 31.2 Å². The second kappa shape index (κ2) is 7.41. The normalized spacial score (nSPS) is 21.7. The number of hydrogen-bond donors (Lipinski definition) is 1. The van der Waals surface area contributed by atoms with Crippen LogP contribution in [-0.4, -0.2) is 42.3 Å². The van der Waals surface area contributed by atoms with Crippen LogP contribution in [0, 0.1) is 5.92 Å². The summed E-state index contributed by atoms with van der Waals surface area (Å²) in [4.78, 5) is 13.2. The van der Waals surface area contributed by atoms with Gasteiger partial charge in [0, 0.05) is 13.0 Å². The van der Waals surface area contributed by atoms with Crippen LogP contribution < -0.4 is 9.47 Å². The number of likely N-dealkylation sites (tertiary alicyclic amines) is 1. The van der Waals surface area contributed by atoms with E-state index >= 15 is 0 Å². The largest absolute Gasteiger partial charge is 0.486 e. The number of rotatable bonds is 4. The molecule has 0 bridgehead atoms. The highest BCUT2D eigenvalue weighted by Gasteiger charge is 2.21. The van der Waals surface area contributed by atoms with Crippen molar-refractivity contribution in [3.05, 3.63) is 22.7 Å². The minimum Gasteiger partial charge on any atom is -0.486 e. The first-order valence-electron chi connectivity index (χ1n) is 8.14. The van der Waals surface area contributed by atoms with E-state index in [1.165, 1.54) is 0 Å². The first-order valence-corrected chi connectivity index (χ1v) is 8.52. The van der Waals surface area contributed by atoms with Gasteiger partial charge in [0.1, 0.15) is 13.2 Å². The first-order chi connectivity index (χ1) is 11.1. The quantitative estimate of drug-likeness (QED) is 0.913. The number of carbonyl (C=O) groups is 1. The second-order valence-corrected chi connectivity index (χ2v) is 6.68. The molecule has 5 nitrogen and oxygen atoms in total. The molecule has 1 saturated heterocycles. The molecule has 1 fully saturated rings. The van der Waals surface area contributed by atoms with Crippen LogP contribution in [0.5, 0.6) is 11.5 Å². The fraction of sp³-hybridized carbons (Fsp3) is 0.588. The third-order valence-electron chi connectivity index (χ3n) is 4.47. The van der Waals surface area contributed by atoms with Crippen LogP contribution in [0.15, 0.2) is 12.1 Å². The van der Waals surface area contributed by atoms with Gasteiger partial charge in [-0.15, -0.1) is 0 Å². The maximum absolute atomic E-state index is 10.9. The lowest BCUT2D eigenvalue weighted by atomic mass is 9.97. The van der Waals surface area contributed by atoms with Crippen LogP contribution in [0.4, 0.5) is 0 Å². The Kier molecular flexibility index (Phi) is 5.28. The molecule has 126 valence electrons. The number of aliphatic carboxylic acids is 1. The van der Waals surface area contributed by atoms with Crippen molar-refractivity contribution in [3.63, 3.8) is 0 Å². The summed E-state index contributed by atoms with van der Waals surface area (Å²) in [6.45, 7) is 3.79. The van der Waals surface area contributed by atoms with Gasteiger partial charge in [-0.1, -0.05) is 11.6 Å². The molecule has 6 heteroatoms. The number of hydrogen-bond acceptors (Lipinski definition) is 4. The Morgan fingerprint density at radius 3 is 2.91 bits per heavy atom. The Balaban J connectivity index is 1.63. The molecule has 0 saturated carbocycles. The zero-order chi connectivity index (χ0) is 16.2. The number of carboxylic acid groups (broad SMARTS) is 1. The molecular weight excluding hydrogens is 318 g/mol. The van der Waals surface area contributed by atoms with E-state index in [0.29, 0.717) is 29.9 Å². The summed E-state index contributed by atoms with van der Waals surface area (Å²) in [5.74, 6) is 0.958. The third-order valence-corrected chi connectivity index (χ3v) is 4.75. The van der Waals surface area contributed by atoms with Crippen molar-refractivity contribution in [1.29, 1.82) is 0 Å². The molecule has 23 heavy (non-hydrogen) atoms. The average molecular weight is 340 g/mol. The van der Waals surface area contributed by atoms with E-state index < -0.39 is 5.97 Å². The zero-order valence-electron chi connectivity index (χ0n) is 13.1. The van der Waals surface area contributed by atoms with Gasteiger partial charge in [-0.3, -0.25) is 9.69 Å². The maximum atomic E-state index is 10.9. The molecular formula is C17H22ClNO4. The van der Waals surface area contributed by atoms with Crippen LogP contribution in [0.2, 0.25) is 5.02 Å². The number of fused-ring (bicyclic) bond motifs is 1. The lowest BCUT2D eigenvalue weighted by molar-refractivity contribution is -0.138. The average Bonchev–Trinajstić information content (AvgIpc) is 2.72. The topological polar surface area (TPSA) is 59.0 Å². The van der Waals surface area contributed by atoms with E-state index in [1.807, 2.05) is 12.1 Å². The van der Waals surface area contributed by atoms with E-state index in [4.69, 9.17) is 26.2 Å². The Bertz CT molecular complexity index is 578. The van der Waals surface area contributed by atoms with Gasteiger partial charge in [-0.2, -0.15) is 0 Å². The van der Waals surface area contributed by atoms with E-state index in [2.05, 4.69) is 4.90 Å². The molecule has 2 aliphatic rings. The van der Waals surface area contributed by atoms with Crippen molar-refractivity contribution in [2.24, 2.45) is 5.92 Å². The van der Waals surface area contributed by atoms with Gasteiger partial charge in [0.2, 0.25) is 0 Å². The van der Waals surface area contributed by atoms with Crippen molar-refractivity contribution >= 4 is 17.6 Å². The van der Waals surface area contributed by atoms with Crippen LogP contribution in [-0.2, 0) is 11.3 Å². The molecule has 0 aliphatic carbocycles. The molecule has 3 rings (SSSR count). The fourth-order valence-electron chi connectivity index (χ4n) is 3.35. The molecule has 2 aliphatic heterocycles. The van der Waals surface area contributed by atoms with Crippen molar-refractivity contribution in [2.45, 2.75) is 32.2 Å². The number of ether oxygens (including phenoxy) is 2. The summed E-state index contributed by atoms with van der Waals surface area (Å²) in [6, 6.07) is 3.94. The summed E-state index contributed by atoms with van der Waals surface area (Å²) >= 11 is 6.29. The van der Waals surface area contributed by atoms with Crippen molar-refractivity contribution in [1.82, 2.24) is 4.90 Å². The van der Waals surface area contributed by atoms with Crippen LogP contribution in [0.3, 0.4) is 0 Å². The number of carboxylic acids is 1. The molecule has 1 aromatic carbocycles. The van der Waals surface area contributed by atoms with Gasteiger partial charge in [0.05, 0.1) is 5.02 Å². The van der Waals surface area contributed by atoms with Crippen LogP contribution >= 0.6 is 11.6 Å². The molecule has 0 aromatic heterocycles. The van der Waals surface area contributed by atoms with E-state index in [1.54, 1.807) is 0 Å². The maximum Gasteiger partial charge on any atom is 0.303 e. The molecule has 0 radical (unpaired) electrons.